The maximum atomic E-state index is 12.5. The van der Waals surface area contributed by atoms with Crippen LogP contribution in [0.1, 0.15) is 31.1 Å². The van der Waals surface area contributed by atoms with E-state index in [4.69, 9.17) is 4.42 Å². The number of hydrogen-bond acceptors (Lipinski definition) is 5. The fourth-order valence-electron chi connectivity index (χ4n) is 3.38. The number of oxazole rings is 1. The Hall–Kier alpha value is -2.90. The van der Waals surface area contributed by atoms with Crippen molar-refractivity contribution in [2.75, 3.05) is 13.1 Å². The lowest BCUT2D eigenvalue weighted by Gasteiger charge is -2.31. The van der Waals surface area contributed by atoms with Gasteiger partial charge in [0, 0.05) is 13.1 Å². The highest BCUT2D eigenvalue weighted by Crippen LogP contribution is 2.29. The van der Waals surface area contributed by atoms with Gasteiger partial charge in [-0.1, -0.05) is 12.1 Å². The van der Waals surface area contributed by atoms with Gasteiger partial charge in [-0.3, -0.25) is 14.9 Å². The molecule has 2 saturated heterocycles. The SMILES string of the molecule is O=C1NC(=O)[C@H](CC(=O)N2CCC[C@@H](c3nc4ccccc4o3)C2)N1. The number of piperidine rings is 1. The molecule has 2 fully saturated rings. The van der Waals surface area contributed by atoms with Crippen LogP contribution in [0.15, 0.2) is 28.7 Å². The van der Waals surface area contributed by atoms with Crippen LogP contribution in [0.5, 0.6) is 0 Å². The molecule has 0 saturated carbocycles. The Morgan fingerprint density at radius 1 is 1.32 bits per heavy atom. The maximum Gasteiger partial charge on any atom is 0.322 e. The number of amides is 4. The number of hydrogen-bond donors (Lipinski definition) is 2. The highest BCUT2D eigenvalue weighted by Gasteiger charge is 2.34. The van der Waals surface area contributed by atoms with E-state index >= 15 is 0 Å². The van der Waals surface area contributed by atoms with Crippen molar-refractivity contribution in [1.82, 2.24) is 20.5 Å². The van der Waals surface area contributed by atoms with Crippen LogP contribution in [0.25, 0.3) is 11.1 Å². The molecule has 2 aliphatic heterocycles. The lowest BCUT2D eigenvalue weighted by molar-refractivity contribution is -0.135. The lowest BCUT2D eigenvalue weighted by Crippen LogP contribution is -2.43. The number of imide groups is 1. The molecule has 2 aliphatic rings. The van der Waals surface area contributed by atoms with E-state index in [0.29, 0.717) is 19.0 Å². The van der Waals surface area contributed by atoms with Gasteiger partial charge >= 0.3 is 6.03 Å². The van der Waals surface area contributed by atoms with E-state index in [0.717, 1.165) is 23.9 Å². The molecule has 0 spiro atoms. The molecule has 130 valence electrons. The average molecular weight is 342 g/mol. The van der Waals surface area contributed by atoms with E-state index in [2.05, 4.69) is 15.6 Å². The Kier molecular flexibility index (Phi) is 3.87. The topological polar surface area (TPSA) is 105 Å². The summed E-state index contributed by atoms with van der Waals surface area (Å²) in [5, 5.41) is 4.60. The van der Waals surface area contributed by atoms with Crippen molar-refractivity contribution in [2.24, 2.45) is 0 Å². The second-order valence-electron chi connectivity index (χ2n) is 6.42. The minimum Gasteiger partial charge on any atom is -0.440 e. The minimum absolute atomic E-state index is 0.0299. The van der Waals surface area contributed by atoms with Crippen molar-refractivity contribution in [3.63, 3.8) is 0 Å². The molecular weight excluding hydrogens is 324 g/mol. The van der Waals surface area contributed by atoms with Gasteiger partial charge in [0.1, 0.15) is 11.6 Å². The van der Waals surface area contributed by atoms with Gasteiger partial charge in [0.15, 0.2) is 11.5 Å². The summed E-state index contributed by atoms with van der Waals surface area (Å²) in [6.45, 7) is 1.14. The van der Waals surface area contributed by atoms with E-state index in [1.165, 1.54) is 0 Å². The number of nitrogens with one attached hydrogen (secondary N) is 2. The third-order valence-electron chi connectivity index (χ3n) is 4.67. The Morgan fingerprint density at radius 2 is 2.16 bits per heavy atom. The number of aromatic nitrogens is 1. The molecule has 8 heteroatoms. The smallest absolute Gasteiger partial charge is 0.322 e. The number of nitrogens with zero attached hydrogens (tertiary/aromatic N) is 2. The second-order valence-corrected chi connectivity index (χ2v) is 6.42. The Morgan fingerprint density at radius 3 is 2.92 bits per heavy atom. The van der Waals surface area contributed by atoms with Crippen molar-refractivity contribution in [3.05, 3.63) is 30.2 Å². The number of urea groups is 1. The van der Waals surface area contributed by atoms with Gasteiger partial charge < -0.3 is 14.6 Å². The first-order valence-corrected chi connectivity index (χ1v) is 8.35. The molecule has 1 aromatic heterocycles. The summed E-state index contributed by atoms with van der Waals surface area (Å²) >= 11 is 0. The number of carbonyl (C=O) groups is 3. The zero-order valence-electron chi connectivity index (χ0n) is 13.5. The minimum atomic E-state index is -0.787. The molecule has 2 atom stereocenters. The number of likely N-dealkylation sites (tertiary alicyclic amines) is 1. The van der Waals surface area contributed by atoms with Crippen molar-refractivity contribution >= 4 is 28.9 Å². The van der Waals surface area contributed by atoms with E-state index in [1.807, 2.05) is 24.3 Å². The molecule has 0 radical (unpaired) electrons. The van der Waals surface area contributed by atoms with E-state index in [-0.39, 0.29) is 18.2 Å². The molecule has 1 aromatic carbocycles. The van der Waals surface area contributed by atoms with Crippen LogP contribution < -0.4 is 10.6 Å². The van der Waals surface area contributed by atoms with Crippen LogP contribution in [-0.4, -0.2) is 46.9 Å². The quantitative estimate of drug-likeness (QED) is 0.814. The van der Waals surface area contributed by atoms with Crippen LogP contribution in [-0.2, 0) is 9.59 Å². The van der Waals surface area contributed by atoms with Crippen LogP contribution in [0.2, 0.25) is 0 Å². The Balaban J connectivity index is 1.44. The van der Waals surface area contributed by atoms with Gasteiger partial charge in [-0.2, -0.15) is 0 Å². The van der Waals surface area contributed by atoms with E-state index in [1.54, 1.807) is 4.90 Å². The number of benzene rings is 1. The first-order valence-electron chi connectivity index (χ1n) is 8.35. The van der Waals surface area contributed by atoms with Crippen LogP contribution in [0.4, 0.5) is 4.79 Å². The predicted molar refractivity (Wildman–Crippen MR) is 87.6 cm³/mol. The second kappa shape index (κ2) is 6.19. The number of rotatable bonds is 3. The van der Waals surface area contributed by atoms with E-state index < -0.39 is 18.0 Å². The molecule has 25 heavy (non-hydrogen) atoms. The largest absolute Gasteiger partial charge is 0.440 e. The predicted octanol–water partition coefficient (Wildman–Crippen LogP) is 1.13. The summed E-state index contributed by atoms with van der Waals surface area (Å²) in [5.74, 6) is 0.0803. The first-order chi connectivity index (χ1) is 12.1. The Bertz CT molecular complexity index is 813. The molecule has 0 aliphatic carbocycles. The first kappa shape index (κ1) is 15.6. The number of fused-ring (bicyclic) bond motifs is 1. The Labute approximate surface area is 143 Å². The van der Waals surface area contributed by atoms with Crippen molar-refractivity contribution in [2.45, 2.75) is 31.2 Å². The molecular formula is C17H18N4O4. The maximum absolute atomic E-state index is 12.5. The monoisotopic (exact) mass is 342 g/mol. The summed E-state index contributed by atoms with van der Waals surface area (Å²) in [4.78, 5) is 41.5. The van der Waals surface area contributed by atoms with Crippen LogP contribution in [0.3, 0.4) is 0 Å². The summed E-state index contributed by atoms with van der Waals surface area (Å²) in [5.41, 5.74) is 1.55. The summed E-state index contributed by atoms with van der Waals surface area (Å²) in [6, 6.07) is 6.24. The molecule has 2 N–H and O–H groups in total. The van der Waals surface area contributed by atoms with Crippen molar-refractivity contribution in [1.29, 1.82) is 0 Å². The fraction of sp³-hybridized carbons (Fsp3) is 0.412. The molecule has 4 rings (SSSR count). The van der Waals surface area contributed by atoms with Crippen molar-refractivity contribution in [3.8, 4) is 0 Å². The molecule has 0 bridgehead atoms. The van der Waals surface area contributed by atoms with E-state index in [9.17, 15) is 14.4 Å². The zero-order valence-corrected chi connectivity index (χ0v) is 13.5. The van der Waals surface area contributed by atoms with Gasteiger partial charge in [0.2, 0.25) is 5.91 Å². The highest BCUT2D eigenvalue weighted by molar-refractivity contribution is 6.05. The molecule has 4 amide bonds. The standard InChI is InChI=1S/C17H18N4O4/c22-14(8-12-15(23)20-17(24)19-12)21-7-3-4-10(9-21)16-18-11-5-1-2-6-13(11)25-16/h1-2,5-6,10,12H,3-4,7-9H2,(H2,19,20,23,24)/t10-,12+/m1/s1. The lowest BCUT2D eigenvalue weighted by atomic mass is 9.97. The van der Waals surface area contributed by atoms with Gasteiger partial charge in [-0.25, -0.2) is 9.78 Å². The van der Waals surface area contributed by atoms with Gasteiger partial charge in [-0.05, 0) is 25.0 Å². The zero-order chi connectivity index (χ0) is 17.4. The number of para-hydroxylation sites is 2. The molecule has 2 aromatic rings. The fourth-order valence-corrected chi connectivity index (χ4v) is 3.38. The highest BCUT2D eigenvalue weighted by atomic mass is 16.3. The molecule has 3 heterocycles. The summed E-state index contributed by atoms with van der Waals surface area (Å²) in [6.07, 6.45) is 1.72. The van der Waals surface area contributed by atoms with Gasteiger partial charge in [0.05, 0.1) is 12.3 Å². The molecule has 0 unspecified atom stereocenters. The third-order valence-corrected chi connectivity index (χ3v) is 4.67. The average Bonchev–Trinajstić information content (AvgIpc) is 3.18. The normalized spacial score (nSPS) is 23.6. The van der Waals surface area contributed by atoms with Crippen LogP contribution >= 0.6 is 0 Å². The molecule has 8 nitrogen and oxygen atoms in total. The summed E-state index contributed by atoms with van der Waals surface area (Å²) < 4.78 is 5.83. The summed E-state index contributed by atoms with van der Waals surface area (Å²) in [7, 11) is 0. The van der Waals surface area contributed by atoms with Gasteiger partial charge in [-0.15, -0.1) is 0 Å². The van der Waals surface area contributed by atoms with Gasteiger partial charge in [0.25, 0.3) is 5.91 Å². The number of carbonyl (C=O) groups excluding carboxylic acids is 3. The third kappa shape index (κ3) is 3.07. The van der Waals surface area contributed by atoms with Crippen LogP contribution in [0, 0.1) is 0 Å². The van der Waals surface area contributed by atoms with Crippen molar-refractivity contribution < 1.29 is 18.8 Å².